The van der Waals surface area contributed by atoms with Gasteiger partial charge in [0.05, 0.1) is 21.2 Å². The normalized spacial score (nSPS) is 10.8. The molecule has 0 bridgehead atoms. The number of hydrogen-bond donors (Lipinski definition) is 1. The number of methoxy groups -OCH3 is 1. The Bertz CT molecular complexity index is 769. The number of allylic oxidation sites excluding steroid dienone is 1. The second-order valence-electron chi connectivity index (χ2n) is 4.15. The summed E-state index contributed by atoms with van der Waals surface area (Å²) in [6.45, 7) is 0. The molecule has 1 aromatic carbocycles. The van der Waals surface area contributed by atoms with E-state index in [2.05, 4.69) is 0 Å². The maximum atomic E-state index is 11.9. The van der Waals surface area contributed by atoms with Crippen LogP contribution >= 0.6 is 22.9 Å². The number of carbonyl (C=O) groups is 1. The molecule has 114 valence electrons. The molecular formula is C14H10ClNO5S. The molecule has 22 heavy (non-hydrogen) atoms. The molecule has 0 saturated heterocycles. The van der Waals surface area contributed by atoms with Gasteiger partial charge in [-0.3, -0.25) is 14.9 Å². The van der Waals surface area contributed by atoms with E-state index in [1.165, 1.54) is 25.3 Å². The lowest BCUT2D eigenvalue weighted by molar-refractivity contribution is -0.386. The molecule has 0 saturated carbocycles. The summed E-state index contributed by atoms with van der Waals surface area (Å²) in [5, 5.41) is 20.6. The molecule has 0 atom stereocenters. The Labute approximate surface area is 134 Å². The van der Waals surface area contributed by atoms with Crippen LogP contribution in [0.4, 0.5) is 5.69 Å². The standard InChI is InChI=1S/C14H10ClNO5S/c1-21-11-7-8(6-9(14(11)18)16(19)20)2-3-10(17)12-4-5-13(15)22-12/h2-7,18H,1H3. The largest absolute Gasteiger partial charge is 0.500 e. The van der Waals surface area contributed by atoms with Crippen LogP contribution in [0.2, 0.25) is 4.34 Å². The summed E-state index contributed by atoms with van der Waals surface area (Å²) >= 11 is 6.90. The van der Waals surface area contributed by atoms with Gasteiger partial charge in [0.2, 0.25) is 5.75 Å². The van der Waals surface area contributed by atoms with Crippen molar-refractivity contribution in [2.45, 2.75) is 0 Å². The van der Waals surface area contributed by atoms with Gasteiger partial charge in [-0.05, 0) is 29.8 Å². The van der Waals surface area contributed by atoms with Crippen LogP contribution in [0.15, 0.2) is 30.3 Å². The van der Waals surface area contributed by atoms with Gasteiger partial charge in [-0.2, -0.15) is 0 Å². The predicted octanol–water partition coefficient (Wildman–Crippen LogP) is 3.92. The van der Waals surface area contributed by atoms with Gasteiger partial charge in [-0.25, -0.2) is 0 Å². The topological polar surface area (TPSA) is 89.7 Å². The second-order valence-corrected chi connectivity index (χ2v) is 5.86. The van der Waals surface area contributed by atoms with Crippen molar-refractivity contribution in [3.63, 3.8) is 0 Å². The van der Waals surface area contributed by atoms with Crippen molar-refractivity contribution in [1.29, 1.82) is 0 Å². The molecule has 0 aliphatic rings. The molecule has 0 fully saturated rings. The number of rotatable bonds is 5. The maximum absolute atomic E-state index is 11.9. The number of nitro benzene ring substituents is 1. The number of ether oxygens (including phenoxy) is 1. The number of hydrogen-bond acceptors (Lipinski definition) is 6. The number of ketones is 1. The fraction of sp³-hybridized carbons (Fsp3) is 0.0714. The van der Waals surface area contributed by atoms with Crippen LogP contribution in [0.25, 0.3) is 6.08 Å². The van der Waals surface area contributed by atoms with Crippen LogP contribution in [-0.4, -0.2) is 22.9 Å². The molecule has 0 amide bonds. The van der Waals surface area contributed by atoms with Gasteiger partial charge >= 0.3 is 5.69 Å². The number of phenolic OH excluding ortho intramolecular Hbond substituents is 1. The average molecular weight is 340 g/mol. The summed E-state index contributed by atoms with van der Waals surface area (Å²) in [6.07, 6.45) is 2.68. The van der Waals surface area contributed by atoms with Crippen molar-refractivity contribution >= 4 is 40.5 Å². The zero-order chi connectivity index (χ0) is 16.3. The number of carbonyl (C=O) groups excluding carboxylic acids is 1. The van der Waals surface area contributed by atoms with E-state index in [0.717, 1.165) is 17.4 Å². The minimum atomic E-state index is -0.726. The minimum absolute atomic E-state index is 0.0412. The van der Waals surface area contributed by atoms with Gasteiger partial charge in [-0.1, -0.05) is 17.7 Å². The lowest BCUT2D eigenvalue weighted by Gasteiger charge is -2.05. The lowest BCUT2D eigenvalue weighted by atomic mass is 10.1. The third-order valence-corrected chi connectivity index (χ3v) is 3.98. The number of thiophene rings is 1. The van der Waals surface area contributed by atoms with E-state index in [-0.39, 0.29) is 11.5 Å². The number of nitro groups is 1. The van der Waals surface area contributed by atoms with Crippen LogP contribution in [0.5, 0.6) is 11.5 Å². The van der Waals surface area contributed by atoms with Gasteiger partial charge in [0.1, 0.15) is 0 Å². The molecule has 6 nitrogen and oxygen atoms in total. The molecule has 8 heteroatoms. The third kappa shape index (κ3) is 3.44. The minimum Gasteiger partial charge on any atom is -0.500 e. The molecule has 0 spiro atoms. The Morgan fingerprint density at radius 3 is 2.73 bits per heavy atom. The summed E-state index contributed by atoms with van der Waals surface area (Å²) in [7, 11) is 1.28. The zero-order valence-corrected chi connectivity index (χ0v) is 12.9. The van der Waals surface area contributed by atoms with E-state index in [4.69, 9.17) is 16.3 Å². The first kappa shape index (κ1) is 16.0. The first-order valence-electron chi connectivity index (χ1n) is 5.95. The molecule has 0 unspecified atom stereocenters. The highest BCUT2D eigenvalue weighted by atomic mass is 35.5. The monoisotopic (exact) mass is 339 g/mol. The summed E-state index contributed by atoms with van der Waals surface area (Å²) in [5.41, 5.74) is -0.136. The van der Waals surface area contributed by atoms with E-state index >= 15 is 0 Å². The second kappa shape index (κ2) is 6.59. The summed E-state index contributed by atoms with van der Waals surface area (Å²) in [4.78, 5) is 22.5. The Morgan fingerprint density at radius 2 is 2.18 bits per heavy atom. The predicted molar refractivity (Wildman–Crippen MR) is 84.0 cm³/mol. The van der Waals surface area contributed by atoms with Gasteiger partial charge in [-0.15, -0.1) is 11.3 Å². The highest BCUT2D eigenvalue weighted by molar-refractivity contribution is 7.18. The SMILES string of the molecule is COc1cc(C=CC(=O)c2ccc(Cl)s2)cc([N+](=O)[O-])c1O. The molecule has 0 aliphatic heterocycles. The van der Waals surface area contributed by atoms with Crippen LogP contribution in [0, 0.1) is 10.1 Å². The van der Waals surface area contributed by atoms with E-state index in [0.29, 0.717) is 14.8 Å². The van der Waals surface area contributed by atoms with Crippen LogP contribution in [0.3, 0.4) is 0 Å². The van der Waals surface area contributed by atoms with Gasteiger partial charge in [0.25, 0.3) is 0 Å². The lowest BCUT2D eigenvalue weighted by Crippen LogP contribution is -1.94. The maximum Gasteiger partial charge on any atom is 0.315 e. The van der Waals surface area contributed by atoms with Crippen LogP contribution in [-0.2, 0) is 0 Å². The highest BCUT2D eigenvalue weighted by Gasteiger charge is 2.19. The van der Waals surface area contributed by atoms with E-state index in [1.54, 1.807) is 12.1 Å². The Morgan fingerprint density at radius 1 is 1.45 bits per heavy atom. The van der Waals surface area contributed by atoms with Crippen molar-refractivity contribution in [3.8, 4) is 11.5 Å². The fourth-order valence-electron chi connectivity index (χ4n) is 1.71. The number of phenols is 1. The van der Waals surface area contributed by atoms with Crippen molar-refractivity contribution in [1.82, 2.24) is 0 Å². The molecule has 0 radical (unpaired) electrons. The molecule has 1 heterocycles. The summed E-state index contributed by atoms with van der Waals surface area (Å²) < 4.78 is 5.38. The zero-order valence-electron chi connectivity index (χ0n) is 11.3. The Hall–Kier alpha value is -2.38. The molecule has 2 rings (SSSR count). The third-order valence-electron chi connectivity index (χ3n) is 2.74. The first-order chi connectivity index (χ1) is 10.4. The van der Waals surface area contributed by atoms with E-state index < -0.39 is 16.4 Å². The Balaban J connectivity index is 2.33. The van der Waals surface area contributed by atoms with Gasteiger partial charge in [0, 0.05) is 6.07 Å². The van der Waals surface area contributed by atoms with Crippen LogP contribution in [0.1, 0.15) is 15.2 Å². The summed E-state index contributed by atoms with van der Waals surface area (Å²) in [5.74, 6) is -0.868. The van der Waals surface area contributed by atoms with Gasteiger partial charge in [0.15, 0.2) is 11.5 Å². The van der Waals surface area contributed by atoms with Crippen molar-refractivity contribution in [2.24, 2.45) is 0 Å². The Kier molecular flexibility index (Phi) is 4.79. The number of aromatic hydroxyl groups is 1. The first-order valence-corrected chi connectivity index (χ1v) is 7.15. The molecule has 0 aliphatic carbocycles. The summed E-state index contributed by atoms with van der Waals surface area (Å²) in [6, 6.07) is 5.76. The number of nitrogens with zero attached hydrogens (tertiary/aromatic N) is 1. The smallest absolute Gasteiger partial charge is 0.315 e. The van der Waals surface area contributed by atoms with Crippen molar-refractivity contribution in [3.05, 3.63) is 55.2 Å². The quantitative estimate of drug-likeness (QED) is 0.386. The number of halogens is 1. The van der Waals surface area contributed by atoms with Crippen molar-refractivity contribution < 1.29 is 19.6 Å². The van der Waals surface area contributed by atoms with Crippen LogP contribution < -0.4 is 4.74 Å². The van der Waals surface area contributed by atoms with Crippen molar-refractivity contribution in [2.75, 3.05) is 7.11 Å². The van der Waals surface area contributed by atoms with E-state index in [9.17, 15) is 20.0 Å². The molecule has 1 N–H and O–H groups in total. The average Bonchev–Trinajstić information content (AvgIpc) is 2.92. The highest BCUT2D eigenvalue weighted by Crippen LogP contribution is 2.37. The molecular weight excluding hydrogens is 330 g/mol. The molecule has 1 aromatic heterocycles. The number of benzene rings is 1. The molecule has 2 aromatic rings. The fourth-order valence-corrected chi connectivity index (χ4v) is 2.67. The van der Waals surface area contributed by atoms with Gasteiger partial charge < -0.3 is 9.84 Å². The van der Waals surface area contributed by atoms with E-state index in [1.807, 2.05) is 0 Å².